The minimum atomic E-state index is -0.565. The topological polar surface area (TPSA) is 108 Å². The Morgan fingerprint density at radius 2 is 1.86 bits per heavy atom. The van der Waals surface area contributed by atoms with E-state index in [1.165, 1.54) is 19.4 Å². The van der Waals surface area contributed by atoms with Crippen LogP contribution in [-0.2, 0) is 14.2 Å². The van der Waals surface area contributed by atoms with E-state index in [4.69, 9.17) is 14.2 Å². The maximum atomic E-state index is 15.0. The number of hydrogen-bond acceptors (Lipinski definition) is 7. The number of nitrogens with one attached hydrogen (secondary N) is 2. The first-order valence-electron chi connectivity index (χ1n) is 12.0. The van der Waals surface area contributed by atoms with Crippen molar-refractivity contribution in [1.29, 1.82) is 0 Å². The third-order valence-corrected chi connectivity index (χ3v) is 6.71. The molecule has 0 unspecified atom stereocenters. The smallest absolute Gasteiger partial charge is 0.411 e. The SMILES string of the molecule is COC(=O)Nc1ccc(-c2ccc(-c3nc4cc(O[C@@H]5CO[C@H]6[C@@H]5OC[C@H]6C)[nH]c4cc3F)cc2)nc1. The highest BCUT2D eigenvalue weighted by molar-refractivity contribution is 5.84. The lowest BCUT2D eigenvalue weighted by Crippen LogP contribution is -2.33. The van der Waals surface area contributed by atoms with Crippen LogP contribution in [0.3, 0.4) is 0 Å². The molecule has 10 heteroatoms. The standard InChI is InChI=1S/C27H25FN4O5/c1-14-12-35-26-22(13-36-25(14)26)37-23-10-21-20(31-23)9-18(28)24(32-21)16-5-3-15(4-6-16)19-8-7-17(11-29-19)30-27(33)34-2/h3-11,14,22,25-26,31H,12-13H2,1-2H3,(H,30,33)/t14-,22-,25-,26-/m1/s1. The van der Waals surface area contributed by atoms with Gasteiger partial charge in [-0.1, -0.05) is 31.2 Å². The number of carbonyl (C=O) groups excluding carboxylic acids is 1. The van der Waals surface area contributed by atoms with Crippen LogP contribution in [0.2, 0.25) is 0 Å². The number of aromatic amines is 1. The van der Waals surface area contributed by atoms with Gasteiger partial charge in [0.2, 0.25) is 0 Å². The number of anilines is 1. The largest absolute Gasteiger partial charge is 0.470 e. The lowest BCUT2D eigenvalue weighted by atomic mass is 10.0. The van der Waals surface area contributed by atoms with Gasteiger partial charge in [-0.2, -0.15) is 0 Å². The Labute approximate surface area is 211 Å². The fraction of sp³-hybridized carbons (Fsp3) is 0.296. The Morgan fingerprint density at radius 3 is 2.62 bits per heavy atom. The van der Waals surface area contributed by atoms with Gasteiger partial charge in [0.1, 0.15) is 11.8 Å². The Morgan fingerprint density at radius 1 is 1.08 bits per heavy atom. The van der Waals surface area contributed by atoms with E-state index >= 15 is 4.39 Å². The van der Waals surface area contributed by atoms with Crippen molar-refractivity contribution in [3.05, 3.63) is 60.5 Å². The maximum Gasteiger partial charge on any atom is 0.411 e. The van der Waals surface area contributed by atoms with Crippen molar-refractivity contribution < 1.29 is 28.1 Å². The van der Waals surface area contributed by atoms with Crippen LogP contribution in [-0.4, -0.2) is 59.7 Å². The summed E-state index contributed by atoms with van der Waals surface area (Å²) < 4.78 is 37.4. The van der Waals surface area contributed by atoms with Crippen LogP contribution in [0.4, 0.5) is 14.9 Å². The molecule has 1 aromatic carbocycles. The van der Waals surface area contributed by atoms with Crippen LogP contribution in [0.15, 0.2) is 54.7 Å². The van der Waals surface area contributed by atoms with Gasteiger partial charge >= 0.3 is 6.09 Å². The maximum absolute atomic E-state index is 15.0. The van der Waals surface area contributed by atoms with Gasteiger partial charge in [0.05, 0.1) is 55.0 Å². The molecule has 9 nitrogen and oxygen atoms in total. The summed E-state index contributed by atoms with van der Waals surface area (Å²) in [6, 6.07) is 14.0. The molecule has 3 aromatic heterocycles. The number of benzene rings is 1. The van der Waals surface area contributed by atoms with E-state index in [1.54, 1.807) is 30.3 Å². The van der Waals surface area contributed by atoms with Crippen molar-refractivity contribution in [1.82, 2.24) is 15.0 Å². The zero-order valence-corrected chi connectivity index (χ0v) is 20.2. The van der Waals surface area contributed by atoms with Gasteiger partial charge in [-0.25, -0.2) is 14.2 Å². The second-order valence-corrected chi connectivity index (χ2v) is 9.24. The van der Waals surface area contributed by atoms with E-state index in [2.05, 4.69) is 31.9 Å². The number of pyridine rings is 2. The number of fused-ring (bicyclic) bond motifs is 2. The van der Waals surface area contributed by atoms with Gasteiger partial charge in [0.25, 0.3) is 0 Å². The quantitative estimate of drug-likeness (QED) is 0.402. The number of aromatic nitrogens is 3. The predicted molar refractivity (Wildman–Crippen MR) is 134 cm³/mol. The van der Waals surface area contributed by atoms with Gasteiger partial charge in [0.15, 0.2) is 17.8 Å². The van der Waals surface area contributed by atoms with Gasteiger partial charge in [0, 0.05) is 29.2 Å². The summed E-state index contributed by atoms with van der Waals surface area (Å²) in [7, 11) is 1.29. The van der Waals surface area contributed by atoms with Gasteiger partial charge < -0.3 is 23.9 Å². The molecule has 2 fully saturated rings. The summed E-state index contributed by atoms with van der Waals surface area (Å²) in [6.45, 7) is 3.21. The summed E-state index contributed by atoms with van der Waals surface area (Å²) in [4.78, 5) is 23.4. The molecule has 0 saturated carbocycles. The predicted octanol–water partition coefficient (Wildman–Crippen LogP) is 4.79. The fourth-order valence-corrected chi connectivity index (χ4v) is 4.80. The monoisotopic (exact) mass is 504 g/mol. The highest BCUT2D eigenvalue weighted by atomic mass is 19.1. The number of hydrogen-bond donors (Lipinski definition) is 2. The Balaban J connectivity index is 1.20. The second-order valence-electron chi connectivity index (χ2n) is 9.24. The first kappa shape index (κ1) is 23.4. The average molecular weight is 505 g/mol. The zero-order chi connectivity index (χ0) is 25.5. The molecule has 4 atom stereocenters. The number of halogens is 1. The average Bonchev–Trinajstić information content (AvgIpc) is 3.60. The lowest BCUT2D eigenvalue weighted by molar-refractivity contribution is 0.0282. The van der Waals surface area contributed by atoms with E-state index in [0.29, 0.717) is 53.0 Å². The minimum absolute atomic E-state index is 0.0455. The molecular formula is C27H25FN4O5. The van der Waals surface area contributed by atoms with E-state index < -0.39 is 11.9 Å². The molecule has 1 amide bonds. The first-order valence-corrected chi connectivity index (χ1v) is 12.0. The summed E-state index contributed by atoms with van der Waals surface area (Å²) in [5.74, 6) is 0.398. The molecule has 4 aromatic rings. The molecular weight excluding hydrogens is 479 g/mol. The first-order chi connectivity index (χ1) is 18.0. The van der Waals surface area contributed by atoms with Crippen LogP contribution >= 0.6 is 0 Å². The number of amides is 1. The number of methoxy groups -OCH3 is 1. The van der Waals surface area contributed by atoms with E-state index in [9.17, 15) is 4.79 Å². The summed E-state index contributed by atoms with van der Waals surface area (Å²) in [5.41, 5.74) is 4.09. The third-order valence-electron chi connectivity index (χ3n) is 6.71. The molecule has 2 aliphatic heterocycles. The van der Waals surface area contributed by atoms with Gasteiger partial charge in [-0.05, 0) is 12.1 Å². The fourth-order valence-electron chi connectivity index (χ4n) is 4.80. The number of rotatable bonds is 5. The number of nitrogens with zero attached hydrogens (tertiary/aromatic N) is 2. The third kappa shape index (κ3) is 4.49. The molecule has 2 N–H and O–H groups in total. The normalized spacial score (nSPS) is 22.7. The summed E-state index contributed by atoms with van der Waals surface area (Å²) in [5, 5.41) is 2.56. The molecule has 2 aliphatic rings. The highest BCUT2D eigenvalue weighted by Crippen LogP contribution is 2.34. The van der Waals surface area contributed by atoms with Gasteiger partial charge in [-0.3, -0.25) is 10.3 Å². The summed E-state index contributed by atoms with van der Waals surface area (Å²) in [6.07, 6.45) is 0.696. The number of H-pyrrole nitrogens is 1. The van der Waals surface area contributed by atoms with Crippen molar-refractivity contribution >= 4 is 22.8 Å². The zero-order valence-electron chi connectivity index (χ0n) is 20.2. The molecule has 37 heavy (non-hydrogen) atoms. The van der Waals surface area contributed by atoms with Crippen LogP contribution in [0.1, 0.15) is 6.92 Å². The number of ether oxygens (including phenoxy) is 4. The van der Waals surface area contributed by atoms with Crippen molar-refractivity contribution in [2.75, 3.05) is 25.6 Å². The van der Waals surface area contributed by atoms with Gasteiger partial charge in [-0.15, -0.1) is 0 Å². The van der Waals surface area contributed by atoms with Crippen LogP contribution in [0, 0.1) is 11.7 Å². The molecule has 6 rings (SSSR count). The van der Waals surface area contributed by atoms with E-state index in [-0.39, 0.29) is 24.0 Å². The van der Waals surface area contributed by atoms with Crippen molar-refractivity contribution in [2.45, 2.75) is 25.2 Å². The van der Waals surface area contributed by atoms with Crippen LogP contribution in [0.5, 0.6) is 5.88 Å². The van der Waals surface area contributed by atoms with Crippen molar-refractivity contribution in [3.63, 3.8) is 0 Å². The molecule has 0 spiro atoms. The molecule has 0 aliphatic carbocycles. The van der Waals surface area contributed by atoms with E-state index in [1.807, 2.05) is 12.1 Å². The van der Waals surface area contributed by atoms with E-state index in [0.717, 1.165) is 5.56 Å². The Bertz CT molecular complexity index is 1440. The molecule has 0 bridgehead atoms. The molecule has 0 radical (unpaired) electrons. The highest BCUT2D eigenvalue weighted by Gasteiger charge is 2.47. The lowest BCUT2D eigenvalue weighted by Gasteiger charge is -2.16. The molecule has 5 heterocycles. The molecule has 2 saturated heterocycles. The van der Waals surface area contributed by atoms with Crippen molar-refractivity contribution in [3.8, 4) is 28.4 Å². The Kier molecular flexibility index (Phi) is 5.97. The van der Waals surface area contributed by atoms with Crippen LogP contribution < -0.4 is 10.1 Å². The molecule has 190 valence electrons. The Hall–Kier alpha value is -4.02. The summed E-state index contributed by atoms with van der Waals surface area (Å²) >= 11 is 0. The van der Waals surface area contributed by atoms with Crippen molar-refractivity contribution in [2.24, 2.45) is 5.92 Å². The van der Waals surface area contributed by atoms with Crippen LogP contribution in [0.25, 0.3) is 33.5 Å². The number of carbonyl (C=O) groups is 1. The minimum Gasteiger partial charge on any atom is -0.470 e. The second kappa shape index (κ2) is 9.45.